The second-order valence-corrected chi connectivity index (χ2v) is 9.97. The lowest BCUT2D eigenvalue weighted by Crippen LogP contribution is -2.05. The lowest BCUT2D eigenvalue weighted by atomic mass is 9.96. The van der Waals surface area contributed by atoms with Gasteiger partial charge >= 0.3 is 5.97 Å². The Kier molecular flexibility index (Phi) is 8.30. The van der Waals surface area contributed by atoms with Gasteiger partial charge in [0.05, 0.1) is 12.2 Å². The van der Waals surface area contributed by atoms with Crippen LogP contribution in [0.15, 0.2) is 83.3 Å². The number of Topliss-reactive ketones (excluding diaryl/α,β-unsaturated/α-hetero) is 1. The molecule has 0 saturated carbocycles. The third kappa shape index (κ3) is 5.64. The van der Waals surface area contributed by atoms with Crippen LogP contribution >= 0.6 is 0 Å². The van der Waals surface area contributed by atoms with Gasteiger partial charge < -0.3 is 13.9 Å². The molecular formula is C35H34O5. The summed E-state index contributed by atoms with van der Waals surface area (Å²) in [6.45, 7) is 6.32. The van der Waals surface area contributed by atoms with E-state index in [4.69, 9.17) is 13.9 Å². The molecule has 0 N–H and O–H groups in total. The third-order valence-corrected chi connectivity index (χ3v) is 7.23. The average Bonchev–Trinajstić information content (AvgIpc) is 3.37. The molecule has 0 unspecified atom stereocenters. The lowest BCUT2D eigenvalue weighted by molar-refractivity contribution is -0.143. The van der Waals surface area contributed by atoms with E-state index in [1.807, 2.05) is 80.6 Å². The molecule has 0 bridgehead atoms. The molecule has 0 fully saturated rings. The van der Waals surface area contributed by atoms with Crippen molar-refractivity contribution < 1.29 is 23.5 Å². The molecule has 5 heteroatoms. The molecular weight excluding hydrogens is 500 g/mol. The summed E-state index contributed by atoms with van der Waals surface area (Å²) in [6.07, 6.45) is 3.16. The fourth-order valence-corrected chi connectivity index (χ4v) is 5.10. The Bertz CT molecular complexity index is 1680. The zero-order valence-electron chi connectivity index (χ0n) is 23.3. The van der Waals surface area contributed by atoms with E-state index in [-0.39, 0.29) is 11.8 Å². The van der Waals surface area contributed by atoms with Crippen molar-refractivity contribution in [3.63, 3.8) is 0 Å². The molecule has 0 aliphatic heterocycles. The Hall–Kier alpha value is -4.38. The molecule has 5 rings (SSSR count). The van der Waals surface area contributed by atoms with Crippen molar-refractivity contribution >= 4 is 33.5 Å². The molecule has 5 aromatic rings. The van der Waals surface area contributed by atoms with Crippen LogP contribution in [0.25, 0.3) is 33.1 Å². The maximum Gasteiger partial charge on any atom is 0.306 e. The topological polar surface area (TPSA) is 65.7 Å². The highest BCUT2D eigenvalue weighted by atomic mass is 16.5. The van der Waals surface area contributed by atoms with Gasteiger partial charge in [-0.3, -0.25) is 9.59 Å². The van der Waals surface area contributed by atoms with E-state index in [1.54, 1.807) is 0 Å². The predicted molar refractivity (Wildman–Crippen MR) is 159 cm³/mol. The second kappa shape index (κ2) is 12.2. The molecule has 1 heterocycles. The lowest BCUT2D eigenvalue weighted by Gasteiger charge is -2.15. The van der Waals surface area contributed by atoms with E-state index in [1.165, 1.54) is 0 Å². The highest BCUT2D eigenvalue weighted by Gasteiger charge is 2.22. The van der Waals surface area contributed by atoms with E-state index in [9.17, 15) is 9.59 Å². The monoisotopic (exact) mass is 534 g/mol. The van der Waals surface area contributed by atoms with Crippen LogP contribution in [0.1, 0.15) is 61.0 Å². The van der Waals surface area contributed by atoms with Crippen LogP contribution < -0.4 is 4.74 Å². The normalized spacial score (nSPS) is 11.2. The van der Waals surface area contributed by atoms with E-state index in [0.29, 0.717) is 37.2 Å². The maximum atomic E-state index is 13.3. The zero-order chi connectivity index (χ0) is 28.1. The number of aryl methyl sites for hydroxylation is 2. The number of hydrogen-bond acceptors (Lipinski definition) is 5. The Labute approximate surface area is 234 Å². The van der Waals surface area contributed by atoms with Crippen molar-refractivity contribution in [2.75, 3.05) is 6.61 Å². The Morgan fingerprint density at radius 1 is 0.825 bits per heavy atom. The first-order valence-electron chi connectivity index (χ1n) is 14.0. The Morgan fingerprint density at radius 3 is 2.45 bits per heavy atom. The Morgan fingerprint density at radius 2 is 1.62 bits per heavy atom. The summed E-state index contributed by atoms with van der Waals surface area (Å²) in [7, 11) is 0. The molecule has 4 aromatic carbocycles. The van der Waals surface area contributed by atoms with Gasteiger partial charge in [0.25, 0.3) is 0 Å². The van der Waals surface area contributed by atoms with Crippen molar-refractivity contribution in [1.29, 1.82) is 0 Å². The van der Waals surface area contributed by atoms with Crippen molar-refractivity contribution in [3.8, 4) is 22.8 Å². The van der Waals surface area contributed by atoms with Crippen LogP contribution in [-0.2, 0) is 16.0 Å². The van der Waals surface area contributed by atoms with Gasteiger partial charge in [-0.25, -0.2) is 0 Å². The van der Waals surface area contributed by atoms with Gasteiger partial charge in [0.1, 0.15) is 22.8 Å². The number of para-hydroxylation sites is 2. The summed E-state index contributed by atoms with van der Waals surface area (Å²) in [6, 6.07) is 25.7. The van der Waals surface area contributed by atoms with Gasteiger partial charge in [-0.2, -0.15) is 0 Å². The van der Waals surface area contributed by atoms with Crippen LogP contribution in [0, 0.1) is 6.92 Å². The van der Waals surface area contributed by atoms with Gasteiger partial charge in [0, 0.05) is 23.8 Å². The van der Waals surface area contributed by atoms with Crippen LogP contribution in [0.5, 0.6) is 11.5 Å². The number of unbranched alkanes of at least 4 members (excludes halogenated alkanes) is 1. The first kappa shape index (κ1) is 27.2. The number of carbonyl (C=O) groups excluding carboxylic acids is 2. The minimum atomic E-state index is -0.213. The molecule has 1 aromatic heterocycles. The minimum absolute atomic E-state index is 0.114. The number of furan rings is 1. The number of ether oxygens (including phenoxy) is 2. The van der Waals surface area contributed by atoms with Gasteiger partial charge in [0.2, 0.25) is 0 Å². The summed E-state index contributed by atoms with van der Waals surface area (Å²) in [5.74, 6) is 2.00. The highest BCUT2D eigenvalue weighted by Crippen LogP contribution is 2.38. The molecule has 204 valence electrons. The second-order valence-electron chi connectivity index (χ2n) is 9.97. The highest BCUT2D eigenvalue weighted by molar-refractivity contribution is 6.12. The molecule has 40 heavy (non-hydrogen) atoms. The number of esters is 1. The van der Waals surface area contributed by atoms with Gasteiger partial charge in [-0.1, -0.05) is 67.9 Å². The number of benzene rings is 4. The molecule has 0 atom stereocenters. The van der Waals surface area contributed by atoms with E-state index in [2.05, 4.69) is 19.1 Å². The van der Waals surface area contributed by atoms with E-state index < -0.39 is 0 Å². The van der Waals surface area contributed by atoms with Crippen LogP contribution in [0.2, 0.25) is 0 Å². The number of hydrogen-bond donors (Lipinski definition) is 0. The van der Waals surface area contributed by atoms with Gasteiger partial charge in [-0.05, 0) is 72.9 Å². The summed E-state index contributed by atoms with van der Waals surface area (Å²) < 4.78 is 17.7. The smallest absolute Gasteiger partial charge is 0.306 e. The van der Waals surface area contributed by atoms with Crippen LogP contribution in [0.4, 0.5) is 0 Å². The minimum Gasteiger partial charge on any atom is -0.466 e. The summed E-state index contributed by atoms with van der Waals surface area (Å²) in [5, 5.41) is 2.95. The predicted octanol–water partition coefficient (Wildman–Crippen LogP) is 9.22. The molecule has 0 radical (unpaired) electrons. The summed E-state index contributed by atoms with van der Waals surface area (Å²) >= 11 is 0. The number of ketones is 1. The Balaban J connectivity index is 1.47. The first-order chi connectivity index (χ1) is 19.5. The summed E-state index contributed by atoms with van der Waals surface area (Å²) in [4.78, 5) is 25.1. The number of carbonyl (C=O) groups is 2. The molecule has 5 nitrogen and oxygen atoms in total. The summed E-state index contributed by atoms with van der Waals surface area (Å²) in [5.41, 5.74) is 4.23. The average molecular weight is 535 g/mol. The molecule has 0 aliphatic carbocycles. The van der Waals surface area contributed by atoms with Crippen molar-refractivity contribution in [1.82, 2.24) is 0 Å². The molecule has 0 saturated heterocycles. The van der Waals surface area contributed by atoms with E-state index in [0.717, 1.165) is 62.8 Å². The SMILES string of the molecule is CCCCC(=O)c1c(-c2ccc3c(C)c(Oc4ccccc4CCC(=O)OCC)ccc3c2)oc2ccccc12. The van der Waals surface area contributed by atoms with Crippen molar-refractivity contribution in [2.45, 2.75) is 52.9 Å². The largest absolute Gasteiger partial charge is 0.466 e. The van der Waals surface area contributed by atoms with E-state index >= 15 is 0 Å². The molecule has 0 spiro atoms. The van der Waals surface area contributed by atoms with Gasteiger partial charge in [-0.15, -0.1) is 0 Å². The van der Waals surface area contributed by atoms with Crippen molar-refractivity contribution in [3.05, 3.63) is 95.6 Å². The number of fused-ring (bicyclic) bond motifs is 2. The third-order valence-electron chi connectivity index (χ3n) is 7.23. The van der Waals surface area contributed by atoms with Crippen molar-refractivity contribution in [2.24, 2.45) is 0 Å². The standard InChI is InChI=1S/C35H34O5/c1-4-6-13-29(36)34-28-12-8-10-15-32(28)40-35(34)26-16-19-27-23(3)30(20-17-25(27)22-26)39-31-14-9-7-11-24(31)18-21-33(37)38-5-2/h7-12,14-17,19-20,22H,4-6,13,18,21H2,1-3H3. The fourth-order valence-electron chi connectivity index (χ4n) is 5.10. The first-order valence-corrected chi connectivity index (χ1v) is 14.0. The van der Waals surface area contributed by atoms with Crippen LogP contribution in [-0.4, -0.2) is 18.4 Å². The fraction of sp³-hybridized carbons (Fsp3) is 0.257. The maximum absolute atomic E-state index is 13.3. The quantitative estimate of drug-likeness (QED) is 0.125. The molecule has 0 aliphatic rings. The van der Waals surface area contributed by atoms with Crippen LogP contribution in [0.3, 0.4) is 0 Å². The number of rotatable bonds is 11. The zero-order valence-corrected chi connectivity index (χ0v) is 23.3. The van der Waals surface area contributed by atoms with Gasteiger partial charge in [0.15, 0.2) is 5.78 Å². The molecule has 0 amide bonds.